The highest BCUT2D eigenvalue weighted by Gasteiger charge is 2.33. The Morgan fingerprint density at radius 1 is 1.14 bits per heavy atom. The lowest BCUT2D eigenvalue weighted by Gasteiger charge is -2.30. The normalized spacial score (nSPS) is 16.1. The molecule has 0 aliphatic heterocycles. The summed E-state index contributed by atoms with van der Waals surface area (Å²) in [4.78, 5) is 0. The van der Waals surface area contributed by atoms with Crippen LogP contribution in [0.25, 0.3) is 0 Å². The largest absolute Gasteiger partial charge is 0.416 e. The van der Waals surface area contributed by atoms with Gasteiger partial charge >= 0.3 is 6.18 Å². The van der Waals surface area contributed by atoms with Gasteiger partial charge in [-0.05, 0) is 51.5 Å². The first kappa shape index (κ1) is 18.1. The number of benzene rings is 1. The van der Waals surface area contributed by atoms with Crippen LogP contribution in [-0.2, 0) is 17.2 Å². The maximum absolute atomic E-state index is 13.4. The SMILES string of the molecule is C[C@@H](c1cc(F)cc(C(F)(F)F)c1)N(C)S(=O)C(C)(C)C. The molecule has 0 spiro atoms. The van der Waals surface area contributed by atoms with Gasteiger partial charge in [0.05, 0.1) is 21.3 Å². The second-order valence-corrected chi connectivity index (χ2v) is 8.15. The minimum atomic E-state index is -4.61. The van der Waals surface area contributed by atoms with Crippen molar-refractivity contribution in [3.8, 4) is 0 Å². The number of hydrogen-bond donors (Lipinski definition) is 0. The predicted molar refractivity (Wildman–Crippen MR) is 75.5 cm³/mol. The van der Waals surface area contributed by atoms with E-state index >= 15 is 0 Å². The third kappa shape index (κ3) is 4.51. The van der Waals surface area contributed by atoms with E-state index in [1.54, 1.807) is 34.7 Å². The lowest BCUT2D eigenvalue weighted by molar-refractivity contribution is -0.137. The summed E-state index contributed by atoms with van der Waals surface area (Å²) in [6.45, 7) is 6.88. The average molecular weight is 325 g/mol. The number of nitrogens with zero attached hydrogens (tertiary/aromatic N) is 1. The molecule has 0 heterocycles. The molecule has 0 bridgehead atoms. The van der Waals surface area contributed by atoms with Crippen LogP contribution in [0, 0.1) is 5.82 Å². The molecule has 21 heavy (non-hydrogen) atoms. The highest BCUT2D eigenvalue weighted by atomic mass is 32.2. The fourth-order valence-electron chi connectivity index (χ4n) is 1.80. The first-order chi connectivity index (χ1) is 9.34. The van der Waals surface area contributed by atoms with Gasteiger partial charge in [0.1, 0.15) is 5.82 Å². The lowest BCUT2D eigenvalue weighted by Crippen LogP contribution is -2.36. The maximum Gasteiger partial charge on any atom is 0.416 e. The molecule has 0 fully saturated rings. The van der Waals surface area contributed by atoms with Crippen molar-refractivity contribution in [3.63, 3.8) is 0 Å². The minimum Gasteiger partial charge on any atom is -0.242 e. The highest BCUT2D eigenvalue weighted by molar-refractivity contribution is 7.84. The van der Waals surface area contributed by atoms with Crippen molar-refractivity contribution in [1.82, 2.24) is 4.31 Å². The topological polar surface area (TPSA) is 20.3 Å². The first-order valence-electron chi connectivity index (χ1n) is 6.36. The fraction of sp³-hybridized carbons (Fsp3) is 0.571. The number of hydrogen-bond acceptors (Lipinski definition) is 1. The number of halogens is 4. The van der Waals surface area contributed by atoms with Crippen LogP contribution < -0.4 is 0 Å². The van der Waals surface area contributed by atoms with Gasteiger partial charge in [0.2, 0.25) is 0 Å². The third-order valence-electron chi connectivity index (χ3n) is 3.06. The molecule has 1 aromatic rings. The van der Waals surface area contributed by atoms with Crippen molar-refractivity contribution >= 4 is 11.0 Å². The van der Waals surface area contributed by atoms with Gasteiger partial charge in [-0.3, -0.25) is 0 Å². The quantitative estimate of drug-likeness (QED) is 0.759. The van der Waals surface area contributed by atoms with Crippen molar-refractivity contribution in [1.29, 1.82) is 0 Å². The minimum absolute atomic E-state index is 0.141. The maximum atomic E-state index is 13.4. The van der Waals surface area contributed by atoms with Crippen LogP contribution in [0.1, 0.15) is 44.9 Å². The molecule has 7 heteroatoms. The van der Waals surface area contributed by atoms with Crippen LogP contribution >= 0.6 is 0 Å². The summed E-state index contributed by atoms with van der Waals surface area (Å²) >= 11 is 0. The molecule has 1 unspecified atom stereocenters. The Labute approximate surface area is 124 Å². The summed E-state index contributed by atoms with van der Waals surface area (Å²) in [7, 11) is 0.128. The Hall–Kier alpha value is -0.950. The molecule has 120 valence electrons. The monoisotopic (exact) mass is 325 g/mol. The van der Waals surface area contributed by atoms with E-state index in [9.17, 15) is 21.8 Å². The Balaban J connectivity index is 3.16. The highest BCUT2D eigenvalue weighted by Crippen LogP contribution is 2.33. The molecule has 0 aromatic heterocycles. The van der Waals surface area contributed by atoms with Crippen LogP contribution in [0.5, 0.6) is 0 Å². The van der Waals surface area contributed by atoms with Gasteiger partial charge < -0.3 is 0 Å². The van der Waals surface area contributed by atoms with Gasteiger partial charge in [0.25, 0.3) is 0 Å². The second kappa shape index (κ2) is 6.04. The Bertz CT molecular complexity index is 537. The van der Waals surface area contributed by atoms with Crippen molar-refractivity contribution in [2.24, 2.45) is 0 Å². The summed E-state index contributed by atoms with van der Waals surface area (Å²) in [5, 5.41) is 0. The molecule has 0 N–H and O–H groups in total. The summed E-state index contributed by atoms with van der Waals surface area (Å²) in [5.74, 6) is -0.957. The van der Waals surface area contributed by atoms with Crippen molar-refractivity contribution in [3.05, 3.63) is 35.1 Å². The molecule has 0 saturated heterocycles. The molecule has 0 radical (unpaired) electrons. The van der Waals surface area contributed by atoms with Crippen LogP contribution in [0.2, 0.25) is 0 Å². The molecular weight excluding hydrogens is 306 g/mol. The molecule has 0 saturated carbocycles. The van der Waals surface area contributed by atoms with Crippen LogP contribution in [0.3, 0.4) is 0 Å². The zero-order valence-corrected chi connectivity index (χ0v) is 13.4. The van der Waals surface area contributed by atoms with Crippen LogP contribution in [0.4, 0.5) is 17.6 Å². The van der Waals surface area contributed by atoms with E-state index in [1.165, 1.54) is 4.31 Å². The van der Waals surface area contributed by atoms with E-state index in [1.807, 2.05) is 0 Å². The second-order valence-electron chi connectivity index (χ2n) is 5.85. The standard InChI is InChI=1S/C14H19F4NOS/c1-9(19(5)21(20)13(2,3)4)10-6-11(14(16,17)18)8-12(15)7-10/h6-9H,1-5H3/t9-,21?/m0/s1. The summed E-state index contributed by atoms with van der Waals surface area (Å²) in [6, 6.07) is 1.78. The smallest absolute Gasteiger partial charge is 0.242 e. The zero-order chi connectivity index (χ0) is 16.6. The van der Waals surface area contributed by atoms with E-state index in [0.29, 0.717) is 6.07 Å². The van der Waals surface area contributed by atoms with Gasteiger partial charge in [0.15, 0.2) is 0 Å². The van der Waals surface area contributed by atoms with Crippen LogP contribution in [0.15, 0.2) is 18.2 Å². The van der Waals surface area contributed by atoms with E-state index in [4.69, 9.17) is 0 Å². The average Bonchev–Trinajstić information content (AvgIpc) is 2.33. The molecular formula is C14H19F4NOS. The van der Waals surface area contributed by atoms with Crippen molar-refractivity contribution in [2.45, 2.75) is 44.7 Å². The summed E-state index contributed by atoms with van der Waals surface area (Å²) < 4.78 is 64.7. The molecule has 2 atom stereocenters. The molecule has 2 nitrogen and oxygen atoms in total. The molecule has 1 aromatic carbocycles. The van der Waals surface area contributed by atoms with E-state index < -0.39 is 39.3 Å². The van der Waals surface area contributed by atoms with Gasteiger partial charge in [-0.1, -0.05) is 0 Å². The van der Waals surface area contributed by atoms with Gasteiger partial charge in [0, 0.05) is 13.1 Å². The Morgan fingerprint density at radius 2 is 1.67 bits per heavy atom. The van der Waals surface area contributed by atoms with Crippen molar-refractivity contribution in [2.75, 3.05) is 7.05 Å². The Kier molecular flexibility index (Phi) is 5.21. The molecule has 1 rings (SSSR count). The number of rotatable bonds is 3. The van der Waals surface area contributed by atoms with Crippen molar-refractivity contribution < 1.29 is 21.8 Å². The zero-order valence-electron chi connectivity index (χ0n) is 12.6. The number of alkyl halides is 3. The molecule has 0 aliphatic carbocycles. The predicted octanol–water partition coefficient (Wildman–Crippen LogP) is 4.30. The van der Waals surface area contributed by atoms with Gasteiger partial charge in [-0.2, -0.15) is 13.2 Å². The van der Waals surface area contributed by atoms with Gasteiger partial charge in [-0.15, -0.1) is 0 Å². The van der Waals surface area contributed by atoms with E-state index in [2.05, 4.69) is 0 Å². The summed E-state index contributed by atoms with van der Waals surface area (Å²) in [5.41, 5.74) is -0.901. The third-order valence-corrected chi connectivity index (χ3v) is 4.95. The molecule has 0 aliphatic rings. The van der Waals surface area contributed by atoms with E-state index in [-0.39, 0.29) is 5.56 Å². The van der Waals surface area contributed by atoms with Crippen LogP contribution in [-0.4, -0.2) is 20.3 Å². The van der Waals surface area contributed by atoms with E-state index in [0.717, 1.165) is 12.1 Å². The van der Waals surface area contributed by atoms with Gasteiger partial charge in [-0.25, -0.2) is 12.9 Å². The lowest BCUT2D eigenvalue weighted by atomic mass is 10.0. The molecule has 0 amide bonds. The fourth-order valence-corrected chi connectivity index (χ4v) is 3.08. The summed E-state index contributed by atoms with van der Waals surface area (Å²) in [6.07, 6.45) is -4.61. The Morgan fingerprint density at radius 3 is 2.10 bits per heavy atom. The first-order valence-corrected chi connectivity index (χ1v) is 7.47.